The molecule has 0 bridgehead atoms. The van der Waals surface area contributed by atoms with Crippen LogP contribution in [0, 0.1) is 0 Å². The number of halogens is 3. The lowest BCUT2D eigenvalue weighted by Crippen LogP contribution is -2.28. The third-order valence-electron chi connectivity index (χ3n) is 3.11. The number of alkyl halides is 3. The zero-order valence-corrected chi connectivity index (χ0v) is 17.3. The molecule has 0 heterocycles. The van der Waals surface area contributed by atoms with Crippen LogP contribution in [0.1, 0.15) is 25.3 Å². The largest absolute Gasteiger partial charge is 0.534 e. The molecule has 0 aliphatic rings. The number of benzene rings is 1. The first kappa shape index (κ1) is 27.8. The van der Waals surface area contributed by atoms with Gasteiger partial charge in [0.2, 0.25) is 5.76 Å². The fraction of sp³-hybridized carbons (Fsp3) is 0.333. The van der Waals surface area contributed by atoms with Gasteiger partial charge in [-0.2, -0.15) is 21.6 Å². The van der Waals surface area contributed by atoms with E-state index in [4.69, 9.17) is 14.9 Å². The molecule has 0 saturated carbocycles. The van der Waals surface area contributed by atoms with Crippen LogP contribution in [0.5, 0.6) is 11.5 Å². The molecule has 31 heavy (non-hydrogen) atoms. The zero-order valence-electron chi connectivity index (χ0n) is 16.5. The molecule has 0 aliphatic heterocycles. The third-order valence-corrected chi connectivity index (χ3v) is 4.08. The lowest BCUT2D eigenvalue weighted by Gasteiger charge is -2.14. The standard InChI is InChI=1S/C15H17F3O7S.C3H4O2/c1-3-4-7-24-12-8-10(9-13(23-2)14(19)20)5-6-11(12)25-26(21,22)15(16,17)18;1-2-3(4)5/h5-6,8-9H,3-4,7H2,1-2H3,(H,19,20);2H,1H2,(H,4,5)/b13-9-;. The minimum atomic E-state index is -5.87. The van der Waals surface area contributed by atoms with E-state index in [-0.39, 0.29) is 17.9 Å². The lowest BCUT2D eigenvalue weighted by molar-refractivity contribution is -0.136. The summed E-state index contributed by atoms with van der Waals surface area (Å²) >= 11 is 0. The normalized spacial score (nSPS) is 11.6. The second kappa shape index (κ2) is 12.5. The van der Waals surface area contributed by atoms with Crippen molar-refractivity contribution in [1.29, 1.82) is 0 Å². The smallest absolute Gasteiger partial charge is 0.490 e. The van der Waals surface area contributed by atoms with E-state index in [9.17, 15) is 31.2 Å². The van der Waals surface area contributed by atoms with Gasteiger partial charge in [-0.25, -0.2) is 9.59 Å². The SMILES string of the molecule is C=CC(=O)O.CCCCOc1cc(/C=C(\OC)C(=O)O)ccc1OS(=O)(=O)C(F)(F)F. The zero-order chi connectivity index (χ0) is 24.2. The summed E-state index contributed by atoms with van der Waals surface area (Å²) in [5, 5.41) is 16.5. The summed E-state index contributed by atoms with van der Waals surface area (Å²) in [5.41, 5.74) is -5.40. The van der Waals surface area contributed by atoms with Crippen molar-refractivity contribution in [2.75, 3.05) is 13.7 Å². The first-order chi connectivity index (χ1) is 14.3. The summed E-state index contributed by atoms with van der Waals surface area (Å²) < 4.78 is 73.9. The van der Waals surface area contributed by atoms with Crippen molar-refractivity contribution in [2.24, 2.45) is 0 Å². The van der Waals surface area contributed by atoms with Crippen LogP contribution in [0.4, 0.5) is 13.2 Å². The van der Waals surface area contributed by atoms with Crippen LogP contribution in [0.3, 0.4) is 0 Å². The molecule has 1 rings (SSSR count). The number of carbonyl (C=O) groups is 2. The van der Waals surface area contributed by atoms with E-state index in [0.717, 1.165) is 43.9 Å². The van der Waals surface area contributed by atoms with E-state index in [0.29, 0.717) is 6.42 Å². The molecule has 174 valence electrons. The van der Waals surface area contributed by atoms with Crippen LogP contribution < -0.4 is 8.92 Å². The van der Waals surface area contributed by atoms with Crippen LogP contribution in [-0.2, 0) is 24.4 Å². The van der Waals surface area contributed by atoms with Crippen molar-refractivity contribution in [3.8, 4) is 11.5 Å². The van der Waals surface area contributed by atoms with Gasteiger partial charge in [0, 0.05) is 6.08 Å². The number of aliphatic carboxylic acids is 2. The molecule has 0 aliphatic carbocycles. The minimum Gasteiger partial charge on any atom is -0.490 e. The summed E-state index contributed by atoms with van der Waals surface area (Å²) in [6, 6.07) is 3.25. The molecule has 1 aromatic rings. The van der Waals surface area contributed by atoms with E-state index in [2.05, 4.69) is 15.5 Å². The maximum Gasteiger partial charge on any atom is 0.534 e. The van der Waals surface area contributed by atoms with Crippen molar-refractivity contribution < 1.29 is 55.0 Å². The van der Waals surface area contributed by atoms with Gasteiger partial charge in [0.25, 0.3) is 0 Å². The molecule has 0 spiro atoms. The molecule has 0 unspecified atom stereocenters. The predicted octanol–water partition coefficient (Wildman–Crippen LogP) is 3.42. The van der Waals surface area contributed by atoms with Gasteiger partial charge in [0.15, 0.2) is 11.5 Å². The highest BCUT2D eigenvalue weighted by Crippen LogP contribution is 2.34. The van der Waals surface area contributed by atoms with Gasteiger partial charge in [-0.1, -0.05) is 26.0 Å². The Morgan fingerprint density at radius 3 is 2.19 bits per heavy atom. The summed E-state index contributed by atoms with van der Waals surface area (Å²) in [7, 11) is -4.74. The Labute approximate surface area is 176 Å². The average molecular weight is 470 g/mol. The topological polar surface area (TPSA) is 136 Å². The average Bonchev–Trinajstić information content (AvgIpc) is 2.67. The summed E-state index contributed by atoms with van der Waals surface area (Å²) in [5.74, 6) is -3.71. The molecule has 9 nitrogen and oxygen atoms in total. The lowest BCUT2D eigenvalue weighted by atomic mass is 10.2. The van der Waals surface area contributed by atoms with E-state index in [1.165, 1.54) is 0 Å². The van der Waals surface area contributed by atoms with Crippen LogP contribution in [-0.4, -0.2) is 49.8 Å². The first-order valence-corrected chi connectivity index (χ1v) is 9.81. The highest BCUT2D eigenvalue weighted by molar-refractivity contribution is 7.88. The van der Waals surface area contributed by atoms with Crippen molar-refractivity contribution >= 4 is 28.1 Å². The van der Waals surface area contributed by atoms with Crippen LogP contribution >= 0.6 is 0 Å². The van der Waals surface area contributed by atoms with Crippen molar-refractivity contribution in [2.45, 2.75) is 25.3 Å². The summed E-state index contributed by atoms with van der Waals surface area (Å²) in [4.78, 5) is 20.2. The predicted molar refractivity (Wildman–Crippen MR) is 103 cm³/mol. The van der Waals surface area contributed by atoms with Gasteiger partial charge in [-0.3, -0.25) is 0 Å². The Hall–Kier alpha value is -3.22. The molecular formula is C18H21F3O9S. The molecule has 13 heteroatoms. The molecule has 0 atom stereocenters. The number of unbranched alkanes of at least 4 members (excludes halogenated alkanes) is 1. The third kappa shape index (κ3) is 9.89. The number of methoxy groups -OCH3 is 1. The molecular weight excluding hydrogens is 449 g/mol. The quantitative estimate of drug-likeness (QED) is 0.173. The van der Waals surface area contributed by atoms with E-state index in [1.54, 1.807) is 0 Å². The highest BCUT2D eigenvalue weighted by Gasteiger charge is 2.49. The molecule has 0 aromatic heterocycles. The van der Waals surface area contributed by atoms with Crippen molar-refractivity contribution in [1.82, 2.24) is 0 Å². The van der Waals surface area contributed by atoms with Crippen molar-refractivity contribution in [3.63, 3.8) is 0 Å². The number of hydrogen-bond acceptors (Lipinski definition) is 7. The van der Waals surface area contributed by atoms with E-state index >= 15 is 0 Å². The van der Waals surface area contributed by atoms with E-state index < -0.39 is 39.1 Å². The minimum absolute atomic E-state index is 0.0994. The number of ether oxygens (including phenoxy) is 2. The monoisotopic (exact) mass is 470 g/mol. The second-order valence-corrected chi connectivity index (χ2v) is 6.99. The molecule has 2 N–H and O–H groups in total. The summed E-state index contributed by atoms with van der Waals surface area (Å²) in [6.45, 7) is 4.91. The summed E-state index contributed by atoms with van der Waals surface area (Å²) in [6.07, 6.45) is 3.21. The fourth-order valence-corrected chi connectivity index (χ4v) is 2.12. The highest BCUT2D eigenvalue weighted by atomic mass is 32.2. The van der Waals surface area contributed by atoms with Gasteiger partial charge in [0.05, 0.1) is 13.7 Å². The van der Waals surface area contributed by atoms with Crippen LogP contribution in [0.25, 0.3) is 6.08 Å². The van der Waals surface area contributed by atoms with Gasteiger partial charge < -0.3 is 23.9 Å². The van der Waals surface area contributed by atoms with Gasteiger partial charge in [-0.15, -0.1) is 0 Å². The van der Waals surface area contributed by atoms with E-state index in [1.807, 2.05) is 6.92 Å². The Balaban J connectivity index is 0.00000161. The number of carboxylic acids is 2. The number of hydrogen-bond donors (Lipinski definition) is 2. The second-order valence-electron chi connectivity index (χ2n) is 5.45. The maximum absolute atomic E-state index is 12.5. The molecule has 0 radical (unpaired) electrons. The Bertz CT molecular complexity index is 906. The maximum atomic E-state index is 12.5. The van der Waals surface area contributed by atoms with Gasteiger partial charge in [0.1, 0.15) is 0 Å². The fourth-order valence-electron chi connectivity index (χ4n) is 1.65. The molecule has 0 fully saturated rings. The van der Waals surface area contributed by atoms with Gasteiger partial charge in [-0.05, 0) is 30.2 Å². The Morgan fingerprint density at radius 2 is 1.77 bits per heavy atom. The molecule has 0 saturated heterocycles. The molecule has 0 amide bonds. The van der Waals surface area contributed by atoms with Crippen LogP contribution in [0.2, 0.25) is 0 Å². The van der Waals surface area contributed by atoms with Crippen molar-refractivity contribution in [3.05, 3.63) is 42.2 Å². The van der Waals surface area contributed by atoms with Crippen LogP contribution in [0.15, 0.2) is 36.6 Å². The Kier molecular flexibility index (Phi) is 11.2. The first-order valence-electron chi connectivity index (χ1n) is 8.41. The number of rotatable bonds is 10. The molecule has 1 aromatic carbocycles. The Morgan fingerprint density at radius 1 is 1.19 bits per heavy atom. The number of carboxylic acid groups (broad SMARTS) is 2. The van der Waals surface area contributed by atoms with Gasteiger partial charge >= 0.3 is 27.6 Å².